The summed E-state index contributed by atoms with van der Waals surface area (Å²) in [6.07, 6.45) is 0.816. The van der Waals surface area contributed by atoms with Crippen molar-refractivity contribution < 1.29 is 5.11 Å². The molecule has 1 aliphatic heterocycles. The van der Waals surface area contributed by atoms with Crippen LogP contribution in [0.5, 0.6) is 0 Å². The van der Waals surface area contributed by atoms with Gasteiger partial charge in [0.15, 0.2) is 0 Å². The molecular weight excluding hydrogens is 140 g/mol. The van der Waals surface area contributed by atoms with Crippen LogP contribution in [-0.2, 0) is 0 Å². The average molecular weight is 160 g/mol. The van der Waals surface area contributed by atoms with Gasteiger partial charge in [-0.1, -0.05) is 13.8 Å². The molecule has 1 rings (SSSR count). The summed E-state index contributed by atoms with van der Waals surface area (Å²) in [5, 5.41) is 9.04. The monoisotopic (exact) mass is 160 g/mol. The number of hydrogen-bond donors (Lipinski definition) is 2. The lowest BCUT2D eigenvalue weighted by molar-refractivity contribution is 0.177. The van der Waals surface area contributed by atoms with Gasteiger partial charge in [-0.3, -0.25) is 4.90 Å². The van der Waals surface area contributed by atoms with Gasteiger partial charge in [0.05, 0.1) is 6.10 Å². The molecule has 0 aromatic carbocycles. The van der Waals surface area contributed by atoms with Gasteiger partial charge in [0.1, 0.15) is 0 Å². The molecule has 1 heterocycles. The van der Waals surface area contributed by atoms with E-state index in [1.54, 1.807) is 0 Å². The molecule has 0 bridgehead atoms. The van der Waals surface area contributed by atoms with Gasteiger partial charge in [0, 0.05) is 26.2 Å². The van der Waals surface area contributed by atoms with Crippen molar-refractivity contribution in [3.8, 4) is 0 Å². The number of aliphatic hydroxyl groups is 1. The minimum atomic E-state index is -0.100. The number of likely N-dealkylation sites (tertiary alicyclic amines) is 1. The second-order valence-electron chi connectivity index (χ2n) is 2.53. The maximum absolute atomic E-state index is 9.04. The van der Waals surface area contributed by atoms with Gasteiger partial charge in [0.2, 0.25) is 0 Å². The number of hydrogen-bond acceptors (Lipinski definition) is 3. The Morgan fingerprint density at radius 3 is 2.55 bits per heavy atom. The molecule has 0 aromatic rings. The van der Waals surface area contributed by atoms with E-state index in [0.717, 1.165) is 26.1 Å². The number of aliphatic hydroxyl groups excluding tert-OH is 1. The third-order valence-electron chi connectivity index (χ3n) is 1.69. The zero-order chi connectivity index (χ0) is 8.69. The number of rotatable bonds is 2. The highest BCUT2D eigenvalue weighted by Crippen LogP contribution is 2.06. The van der Waals surface area contributed by atoms with Crippen LogP contribution in [0.25, 0.3) is 0 Å². The normalized spacial score (nSPS) is 24.5. The van der Waals surface area contributed by atoms with Crippen LogP contribution in [0.3, 0.4) is 0 Å². The maximum atomic E-state index is 9.04. The Hall–Kier alpha value is -0.120. The van der Waals surface area contributed by atoms with E-state index in [4.69, 9.17) is 10.8 Å². The Bertz CT molecular complexity index is 86.2. The smallest absolute Gasteiger partial charge is 0.0679 e. The van der Waals surface area contributed by atoms with Crippen LogP contribution >= 0.6 is 0 Å². The standard InChI is InChI=1S/C6H14N2O.C2H6/c7-2-4-8-3-1-6(9)5-8;1-2/h6,9H,1-5,7H2;1-2H3. The number of nitrogens with two attached hydrogens (primary N) is 1. The fourth-order valence-corrected chi connectivity index (χ4v) is 1.20. The van der Waals surface area contributed by atoms with E-state index >= 15 is 0 Å². The summed E-state index contributed by atoms with van der Waals surface area (Å²) in [4.78, 5) is 2.19. The van der Waals surface area contributed by atoms with Crippen molar-refractivity contribution in [3.05, 3.63) is 0 Å². The fourth-order valence-electron chi connectivity index (χ4n) is 1.20. The summed E-state index contributed by atoms with van der Waals surface area (Å²) in [7, 11) is 0. The Morgan fingerprint density at radius 1 is 1.55 bits per heavy atom. The molecule has 0 amide bonds. The van der Waals surface area contributed by atoms with Crippen molar-refractivity contribution in [2.45, 2.75) is 26.4 Å². The van der Waals surface area contributed by atoms with Gasteiger partial charge in [-0.25, -0.2) is 0 Å². The van der Waals surface area contributed by atoms with Gasteiger partial charge in [-0.2, -0.15) is 0 Å². The van der Waals surface area contributed by atoms with E-state index in [2.05, 4.69) is 4.90 Å². The van der Waals surface area contributed by atoms with Crippen molar-refractivity contribution in [3.63, 3.8) is 0 Å². The lowest BCUT2D eigenvalue weighted by Crippen LogP contribution is -2.27. The predicted molar refractivity (Wildman–Crippen MR) is 47.5 cm³/mol. The molecule has 11 heavy (non-hydrogen) atoms. The Kier molecular flexibility index (Phi) is 6.51. The first-order chi connectivity index (χ1) is 5.33. The summed E-state index contributed by atoms with van der Waals surface area (Å²) >= 11 is 0. The molecular formula is C8H20N2O. The Morgan fingerprint density at radius 2 is 2.18 bits per heavy atom. The average Bonchev–Trinajstić information content (AvgIpc) is 2.41. The Labute approximate surface area is 69.2 Å². The van der Waals surface area contributed by atoms with E-state index in [-0.39, 0.29) is 6.10 Å². The van der Waals surface area contributed by atoms with Crippen molar-refractivity contribution in [1.29, 1.82) is 0 Å². The molecule has 1 saturated heterocycles. The summed E-state index contributed by atoms with van der Waals surface area (Å²) in [6, 6.07) is 0. The van der Waals surface area contributed by atoms with E-state index in [1.807, 2.05) is 13.8 Å². The first-order valence-corrected chi connectivity index (χ1v) is 4.43. The molecule has 0 saturated carbocycles. The first-order valence-electron chi connectivity index (χ1n) is 4.43. The first kappa shape index (κ1) is 10.9. The highest BCUT2D eigenvalue weighted by molar-refractivity contribution is 4.73. The third kappa shape index (κ3) is 4.35. The minimum absolute atomic E-state index is 0.100. The van der Waals surface area contributed by atoms with Crippen molar-refractivity contribution in [1.82, 2.24) is 4.90 Å². The van der Waals surface area contributed by atoms with Gasteiger partial charge < -0.3 is 10.8 Å². The molecule has 1 unspecified atom stereocenters. The van der Waals surface area contributed by atoms with E-state index in [0.29, 0.717) is 6.54 Å². The quantitative estimate of drug-likeness (QED) is 0.599. The number of β-amino-alcohol motifs (C(OH)–C–C–N with tert-alkyl or cyclic N) is 1. The van der Waals surface area contributed by atoms with Gasteiger partial charge in [0.25, 0.3) is 0 Å². The van der Waals surface area contributed by atoms with E-state index in [1.165, 1.54) is 0 Å². The van der Waals surface area contributed by atoms with E-state index < -0.39 is 0 Å². The zero-order valence-corrected chi connectivity index (χ0v) is 7.58. The lowest BCUT2D eigenvalue weighted by Gasteiger charge is -2.11. The molecule has 0 radical (unpaired) electrons. The molecule has 68 valence electrons. The summed E-state index contributed by atoms with van der Waals surface area (Å²) in [5.74, 6) is 0. The van der Waals surface area contributed by atoms with Gasteiger partial charge >= 0.3 is 0 Å². The minimum Gasteiger partial charge on any atom is -0.392 e. The largest absolute Gasteiger partial charge is 0.392 e. The van der Waals surface area contributed by atoms with Crippen LogP contribution in [-0.4, -0.2) is 42.3 Å². The summed E-state index contributed by atoms with van der Waals surface area (Å²) in [6.45, 7) is 7.46. The fraction of sp³-hybridized carbons (Fsp3) is 1.00. The van der Waals surface area contributed by atoms with Crippen molar-refractivity contribution >= 4 is 0 Å². The molecule has 3 N–H and O–H groups in total. The highest BCUT2D eigenvalue weighted by Gasteiger charge is 2.18. The third-order valence-corrected chi connectivity index (χ3v) is 1.69. The molecule has 0 aliphatic carbocycles. The molecule has 1 fully saturated rings. The van der Waals surface area contributed by atoms with Crippen LogP contribution in [0.15, 0.2) is 0 Å². The summed E-state index contributed by atoms with van der Waals surface area (Å²) in [5.41, 5.74) is 5.33. The van der Waals surface area contributed by atoms with Crippen molar-refractivity contribution in [2.24, 2.45) is 5.73 Å². The number of nitrogens with zero attached hydrogens (tertiary/aromatic N) is 1. The van der Waals surface area contributed by atoms with Crippen LogP contribution in [0.1, 0.15) is 20.3 Å². The SMILES string of the molecule is CC.NCCN1CCC(O)C1. The molecule has 3 heteroatoms. The highest BCUT2D eigenvalue weighted by atomic mass is 16.3. The summed E-state index contributed by atoms with van der Waals surface area (Å²) < 4.78 is 0. The molecule has 1 atom stereocenters. The van der Waals surface area contributed by atoms with Crippen LogP contribution in [0.2, 0.25) is 0 Å². The second-order valence-corrected chi connectivity index (χ2v) is 2.53. The lowest BCUT2D eigenvalue weighted by atomic mass is 10.3. The molecule has 0 aromatic heterocycles. The molecule has 1 aliphatic rings. The van der Waals surface area contributed by atoms with E-state index in [9.17, 15) is 0 Å². The Balaban J connectivity index is 0.000000461. The second kappa shape index (κ2) is 6.58. The zero-order valence-electron chi connectivity index (χ0n) is 7.58. The van der Waals surface area contributed by atoms with Gasteiger partial charge in [-0.15, -0.1) is 0 Å². The molecule has 0 spiro atoms. The van der Waals surface area contributed by atoms with Crippen LogP contribution in [0, 0.1) is 0 Å². The maximum Gasteiger partial charge on any atom is 0.0679 e. The predicted octanol–water partition coefficient (Wildman–Crippen LogP) is 0.0379. The van der Waals surface area contributed by atoms with Crippen LogP contribution < -0.4 is 5.73 Å². The topological polar surface area (TPSA) is 49.5 Å². The van der Waals surface area contributed by atoms with Crippen molar-refractivity contribution in [2.75, 3.05) is 26.2 Å². The van der Waals surface area contributed by atoms with Gasteiger partial charge in [-0.05, 0) is 6.42 Å². The molecule has 3 nitrogen and oxygen atoms in total. The van der Waals surface area contributed by atoms with Crippen LogP contribution in [0.4, 0.5) is 0 Å².